The normalized spacial score (nSPS) is 27.1. The molecule has 3 fully saturated rings. The lowest BCUT2D eigenvalue weighted by atomic mass is 9.85. The Kier molecular flexibility index (Phi) is 3.40. The summed E-state index contributed by atoms with van der Waals surface area (Å²) in [4.78, 5) is 5.12. The highest BCUT2D eigenvalue weighted by molar-refractivity contribution is 7.13. The van der Waals surface area contributed by atoms with E-state index < -0.39 is 0 Å². The minimum absolute atomic E-state index is 0.294. The van der Waals surface area contributed by atoms with Crippen LogP contribution in [0.25, 0.3) is 0 Å². The van der Waals surface area contributed by atoms with E-state index in [1.54, 1.807) is 11.3 Å². The minimum atomic E-state index is 0.294. The Balaban J connectivity index is 1.44. The molecule has 4 rings (SSSR count). The number of aromatic nitrogens is 2. The molecule has 110 valence electrons. The van der Waals surface area contributed by atoms with Crippen molar-refractivity contribution in [2.75, 3.05) is 44.3 Å². The van der Waals surface area contributed by atoms with E-state index >= 15 is 0 Å². The molecule has 1 aromatic rings. The molecule has 1 spiro atoms. The first-order valence-corrected chi connectivity index (χ1v) is 8.58. The summed E-state index contributed by atoms with van der Waals surface area (Å²) in [5.74, 6) is 0.964. The van der Waals surface area contributed by atoms with Crippen molar-refractivity contribution in [2.24, 2.45) is 5.92 Å². The van der Waals surface area contributed by atoms with E-state index in [1.165, 1.54) is 32.2 Å². The van der Waals surface area contributed by atoms with Crippen molar-refractivity contribution in [2.45, 2.75) is 31.2 Å². The van der Waals surface area contributed by atoms with Gasteiger partial charge in [0.15, 0.2) is 0 Å². The van der Waals surface area contributed by atoms with Crippen molar-refractivity contribution in [3.63, 3.8) is 0 Å². The predicted molar refractivity (Wildman–Crippen MR) is 79.2 cm³/mol. The van der Waals surface area contributed by atoms with Crippen LogP contribution in [0.2, 0.25) is 0 Å². The summed E-state index contributed by atoms with van der Waals surface area (Å²) in [5.41, 5.74) is 2.12. The Morgan fingerprint density at radius 1 is 1.30 bits per heavy atom. The number of morpholine rings is 1. The van der Waals surface area contributed by atoms with Crippen LogP contribution in [0.1, 0.15) is 25.7 Å². The maximum absolute atomic E-state index is 5.84. The summed E-state index contributed by atoms with van der Waals surface area (Å²) in [7, 11) is 0. The Morgan fingerprint density at radius 2 is 2.15 bits per heavy atom. The number of rotatable bonds is 3. The summed E-state index contributed by atoms with van der Waals surface area (Å²) < 4.78 is 5.84. The van der Waals surface area contributed by atoms with Crippen LogP contribution < -0.4 is 4.90 Å². The van der Waals surface area contributed by atoms with E-state index in [2.05, 4.69) is 20.0 Å². The molecule has 2 aliphatic heterocycles. The van der Waals surface area contributed by atoms with Gasteiger partial charge in [-0.1, -0.05) is 11.3 Å². The first-order chi connectivity index (χ1) is 9.86. The number of nitrogens with zero attached hydrogens (tertiary/aromatic N) is 4. The van der Waals surface area contributed by atoms with Gasteiger partial charge in [0.1, 0.15) is 5.51 Å². The van der Waals surface area contributed by atoms with Crippen LogP contribution in [0.15, 0.2) is 5.51 Å². The lowest BCUT2D eigenvalue weighted by Crippen LogP contribution is -2.62. The van der Waals surface area contributed by atoms with Crippen LogP contribution in [0.5, 0.6) is 0 Å². The van der Waals surface area contributed by atoms with Crippen LogP contribution >= 0.6 is 11.3 Å². The van der Waals surface area contributed by atoms with Gasteiger partial charge in [-0.3, -0.25) is 4.90 Å². The van der Waals surface area contributed by atoms with Crippen molar-refractivity contribution in [1.82, 2.24) is 15.1 Å². The van der Waals surface area contributed by atoms with Crippen molar-refractivity contribution in [3.05, 3.63) is 5.51 Å². The first kappa shape index (κ1) is 13.0. The SMILES string of the molecule is c1nnc(N2CCC3(CC2)COCCN3CC2CC2)s1. The third kappa shape index (κ3) is 2.44. The minimum Gasteiger partial charge on any atom is -0.378 e. The Morgan fingerprint density at radius 3 is 2.85 bits per heavy atom. The highest BCUT2D eigenvalue weighted by Crippen LogP contribution is 2.38. The topological polar surface area (TPSA) is 41.5 Å². The fraction of sp³-hybridized carbons (Fsp3) is 0.857. The molecule has 3 heterocycles. The summed E-state index contributed by atoms with van der Waals surface area (Å²) in [6, 6.07) is 0. The maximum Gasteiger partial charge on any atom is 0.208 e. The smallest absolute Gasteiger partial charge is 0.208 e. The highest BCUT2D eigenvalue weighted by Gasteiger charge is 2.44. The van der Waals surface area contributed by atoms with Crippen LogP contribution in [0, 0.1) is 5.92 Å². The lowest BCUT2D eigenvalue weighted by molar-refractivity contribution is -0.0816. The van der Waals surface area contributed by atoms with Crippen molar-refractivity contribution in [1.29, 1.82) is 0 Å². The summed E-state index contributed by atoms with van der Waals surface area (Å²) >= 11 is 1.64. The number of hydrogen-bond donors (Lipinski definition) is 0. The zero-order chi connectivity index (χ0) is 13.4. The molecule has 2 saturated heterocycles. The Labute approximate surface area is 123 Å². The highest BCUT2D eigenvalue weighted by atomic mass is 32.1. The maximum atomic E-state index is 5.84. The van der Waals surface area contributed by atoms with Crippen molar-refractivity contribution >= 4 is 16.5 Å². The number of anilines is 1. The molecule has 0 bridgehead atoms. The zero-order valence-corrected chi connectivity index (χ0v) is 12.6. The molecule has 1 saturated carbocycles. The molecule has 0 aromatic carbocycles. The fourth-order valence-electron chi connectivity index (χ4n) is 3.54. The molecule has 0 atom stereocenters. The standard InChI is InChI=1S/C14H22N4OS/c1-2-12(1)9-18-7-8-19-10-14(18)3-5-17(6-4-14)13-16-15-11-20-13/h11-12H,1-10H2. The van der Waals surface area contributed by atoms with Gasteiger partial charge in [0.25, 0.3) is 0 Å². The average molecular weight is 294 g/mol. The van der Waals surface area contributed by atoms with Crippen molar-refractivity contribution in [3.8, 4) is 0 Å². The van der Waals surface area contributed by atoms with Gasteiger partial charge < -0.3 is 9.64 Å². The molecule has 6 heteroatoms. The fourth-order valence-corrected chi connectivity index (χ4v) is 4.16. The molecule has 1 aliphatic carbocycles. The van der Waals surface area contributed by atoms with E-state index in [4.69, 9.17) is 4.74 Å². The van der Waals surface area contributed by atoms with Gasteiger partial charge >= 0.3 is 0 Å². The van der Waals surface area contributed by atoms with Crippen LogP contribution in [-0.2, 0) is 4.74 Å². The number of hydrogen-bond acceptors (Lipinski definition) is 6. The second-order valence-corrected chi connectivity index (χ2v) is 7.19. The number of ether oxygens (including phenoxy) is 1. The van der Waals surface area contributed by atoms with E-state index in [0.717, 1.165) is 43.9 Å². The molecule has 3 aliphatic rings. The van der Waals surface area contributed by atoms with Gasteiger partial charge in [0, 0.05) is 31.7 Å². The Hall–Kier alpha value is -0.720. The molecule has 0 radical (unpaired) electrons. The Bertz CT molecular complexity index is 440. The molecule has 1 aromatic heterocycles. The van der Waals surface area contributed by atoms with Gasteiger partial charge in [-0.2, -0.15) is 0 Å². The summed E-state index contributed by atoms with van der Waals surface area (Å²) in [5, 5.41) is 9.23. The molecule has 20 heavy (non-hydrogen) atoms. The van der Waals surface area contributed by atoms with Gasteiger partial charge in [-0.25, -0.2) is 0 Å². The third-order valence-corrected chi connectivity index (χ3v) is 5.79. The van der Waals surface area contributed by atoms with Gasteiger partial charge in [-0.15, -0.1) is 10.2 Å². The largest absolute Gasteiger partial charge is 0.378 e. The first-order valence-electron chi connectivity index (χ1n) is 7.70. The van der Waals surface area contributed by atoms with Gasteiger partial charge in [0.05, 0.1) is 13.2 Å². The van der Waals surface area contributed by atoms with Gasteiger partial charge in [0.2, 0.25) is 5.13 Å². The summed E-state index contributed by atoms with van der Waals surface area (Å²) in [6.45, 7) is 6.41. The number of piperidine rings is 1. The molecular formula is C14H22N4OS. The van der Waals surface area contributed by atoms with Crippen LogP contribution in [0.3, 0.4) is 0 Å². The zero-order valence-electron chi connectivity index (χ0n) is 11.8. The third-order valence-electron chi connectivity index (χ3n) is 5.04. The second kappa shape index (κ2) is 5.24. The average Bonchev–Trinajstić information content (AvgIpc) is 3.13. The van der Waals surface area contributed by atoms with E-state index in [9.17, 15) is 0 Å². The van der Waals surface area contributed by atoms with Gasteiger partial charge in [-0.05, 0) is 31.6 Å². The summed E-state index contributed by atoms with van der Waals surface area (Å²) in [6.07, 6.45) is 5.26. The van der Waals surface area contributed by atoms with E-state index in [-0.39, 0.29) is 0 Å². The molecule has 5 nitrogen and oxygen atoms in total. The lowest BCUT2D eigenvalue weighted by Gasteiger charge is -2.51. The van der Waals surface area contributed by atoms with Crippen molar-refractivity contribution < 1.29 is 4.74 Å². The van der Waals surface area contributed by atoms with Crippen LogP contribution in [0.4, 0.5) is 5.13 Å². The molecule has 0 unspecified atom stereocenters. The second-order valence-electron chi connectivity index (χ2n) is 6.37. The monoisotopic (exact) mass is 294 g/mol. The predicted octanol–water partition coefficient (Wildman–Crippen LogP) is 1.62. The van der Waals surface area contributed by atoms with Crippen LogP contribution in [-0.4, -0.2) is 60.0 Å². The quantitative estimate of drug-likeness (QED) is 0.847. The molecule has 0 N–H and O–H groups in total. The van der Waals surface area contributed by atoms with E-state index in [0.29, 0.717) is 5.54 Å². The molecular weight excluding hydrogens is 272 g/mol. The molecule has 0 amide bonds. The van der Waals surface area contributed by atoms with E-state index in [1.807, 2.05) is 5.51 Å².